The molecule has 0 fully saturated rings. The van der Waals surface area contributed by atoms with Gasteiger partial charge in [0.2, 0.25) is 0 Å². The summed E-state index contributed by atoms with van der Waals surface area (Å²) >= 11 is 1.70. The fourth-order valence-electron chi connectivity index (χ4n) is 0.975. The van der Waals surface area contributed by atoms with Gasteiger partial charge < -0.3 is 5.32 Å². The highest BCUT2D eigenvalue weighted by Crippen LogP contribution is 2.26. The standard InChI is InChI=1S/C7H8N2S/c1-4-10-7-6(1)5-8-2-3-9-7/h1,3-4,8H,2,5H2. The Morgan fingerprint density at radius 3 is 3.60 bits per heavy atom. The van der Waals surface area contributed by atoms with Gasteiger partial charge in [-0.2, -0.15) is 0 Å². The van der Waals surface area contributed by atoms with Gasteiger partial charge in [0.25, 0.3) is 0 Å². The summed E-state index contributed by atoms with van der Waals surface area (Å²) in [4.78, 5) is 4.28. The number of rotatable bonds is 0. The molecule has 0 saturated heterocycles. The van der Waals surface area contributed by atoms with Crippen LogP contribution in [-0.4, -0.2) is 12.8 Å². The summed E-state index contributed by atoms with van der Waals surface area (Å²) in [6.07, 6.45) is 1.92. The second-order valence-electron chi connectivity index (χ2n) is 2.19. The van der Waals surface area contributed by atoms with Crippen LogP contribution in [0.3, 0.4) is 0 Å². The minimum atomic E-state index is 0.890. The van der Waals surface area contributed by atoms with Gasteiger partial charge in [0, 0.05) is 24.9 Å². The maximum absolute atomic E-state index is 4.28. The van der Waals surface area contributed by atoms with E-state index >= 15 is 0 Å². The number of fused-ring (bicyclic) bond motifs is 1. The fourth-order valence-corrected chi connectivity index (χ4v) is 1.76. The molecule has 2 nitrogen and oxygen atoms in total. The molecule has 1 aliphatic rings. The molecule has 1 aliphatic heterocycles. The van der Waals surface area contributed by atoms with Gasteiger partial charge in [-0.05, 0) is 11.4 Å². The molecule has 0 unspecified atom stereocenters. The summed E-state index contributed by atoms with van der Waals surface area (Å²) in [7, 11) is 0. The van der Waals surface area contributed by atoms with E-state index in [2.05, 4.69) is 21.8 Å². The Kier molecular flexibility index (Phi) is 1.53. The lowest BCUT2D eigenvalue weighted by atomic mass is 10.3. The van der Waals surface area contributed by atoms with Crippen LogP contribution in [-0.2, 0) is 6.54 Å². The van der Waals surface area contributed by atoms with E-state index in [1.807, 2.05) is 6.21 Å². The zero-order valence-electron chi connectivity index (χ0n) is 5.50. The van der Waals surface area contributed by atoms with E-state index in [-0.39, 0.29) is 0 Å². The van der Waals surface area contributed by atoms with Crippen molar-refractivity contribution in [2.75, 3.05) is 6.54 Å². The van der Waals surface area contributed by atoms with Gasteiger partial charge in [-0.15, -0.1) is 11.3 Å². The molecule has 10 heavy (non-hydrogen) atoms. The average molecular weight is 152 g/mol. The van der Waals surface area contributed by atoms with E-state index in [0.29, 0.717) is 0 Å². The van der Waals surface area contributed by atoms with Crippen molar-refractivity contribution in [1.82, 2.24) is 5.32 Å². The van der Waals surface area contributed by atoms with Crippen LogP contribution in [0.15, 0.2) is 16.4 Å². The average Bonchev–Trinajstić information content (AvgIpc) is 2.28. The number of nitrogens with one attached hydrogen (secondary N) is 1. The number of aliphatic imine (C=N–C) groups is 1. The van der Waals surface area contributed by atoms with Crippen LogP contribution in [0.4, 0.5) is 5.00 Å². The van der Waals surface area contributed by atoms with Crippen molar-refractivity contribution in [3.8, 4) is 0 Å². The zero-order valence-corrected chi connectivity index (χ0v) is 6.32. The van der Waals surface area contributed by atoms with Crippen LogP contribution in [0.2, 0.25) is 0 Å². The summed E-state index contributed by atoms with van der Waals surface area (Å²) in [6.45, 7) is 1.85. The molecule has 2 rings (SSSR count). The van der Waals surface area contributed by atoms with Crippen LogP contribution < -0.4 is 5.32 Å². The largest absolute Gasteiger partial charge is 0.308 e. The molecule has 52 valence electrons. The minimum absolute atomic E-state index is 0.890. The van der Waals surface area contributed by atoms with Crippen LogP contribution in [0.5, 0.6) is 0 Å². The summed E-state index contributed by atoms with van der Waals surface area (Å²) in [5.74, 6) is 0. The molecule has 0 bridgehead atoms. The first-order valence-electron chi connectivity index (χ1n) is 3.26. The maximum atomic E-state index is 4.28. The van der Waals surface area contributed by atoms with Crippen LogP contribution in [0.1, 0.15) is 5.56 Å². The Balaban J connectivity index is 2.42. The lowest BCUT2D eigenvalue weighted by Gasteiger charge is -1.93. The van der Waals surface area contributed by atoms with E-state index in [1.165, 1.54) is 5.56 Å². The number of hydrogen-bond acceptors (Lipinski definition) is 3. The van der Waals surface area contributed by atoms with Crippen LogP contribution >= 0.6 is 11.3 Å². The molecule has 1 aromatic rings. The van der Waals surface area contributed by atoms with E-state index in [0.717, 1.165) is 18.1 Å². The molecule has 0 atom stereocenters. The predicted molar refractivity (Wildman–Crippen MR) is 44.2 cm³/mol. The Labute approximate surface area is 63.6 Å². The molecule has 0 saturated carbocycles. The van der Waals surface area contributed by atoms with Gasteiger partial charge in [-0.25, -0.2) is 4.99 Å². The van der Waals surface area contributed by atoms with Gasteiger partial charge in [-0.1, -0.05) is 0 Å². The highest BCUT2D eigenvalue weighted by Gasteiger charge is 2.03. The Morgan fingerprint density at radius 1 is 1.60 bits per heavy atom. The van der Waals surface area contributed by atoms with Crippen molar-refractivity contribution in [3.05, 3.63) is 17.0 Å². The third-order valence-corrected chi connectivity index (χ3v) is 2.35. The molecular formula is C7H8N2S. The van der Waals surface area contributed by atoms with Crippen molar-refractivity contribution in [3.63, 3.8) is 0 Å². The highest BCUT2D eigenvalue weighted by atomic mass is 32.1. The van der Waals surface area contributed by atoms with Gasteiger partial charge in [0.15, 0.2) is 0 Å². The summed E-state index contributed by atoms with van der Waals surface area (Å²) in [5.41, 5.74) is 1.32. The first-order chi connectivity index (χ1) is 4.97. The summed E-state index contributed by atoms with van der Waals surface area (Å²) in [6, 6.07) is 2.12. The molecule has 0 radical (unpaired) electrons. The van der Waals surface area contributed by atoms with Crippen molar-refractivity contribution in [2.24, 2.45) is 4.99 Å². The highest BCUT2D eigenvalue weighted by molar-refractivity contribution is 7.14. The van der Waals surface area contributed by atoms with Crippen molar-refractivity contribution in [2.45, 2.75) is 6.54 Å². The van der Waals surface area contributed by atoms with Gasteiger partial charge in [-0.3, -0.25) is 0 Å². The van der Waals surface area contributed by atoms with Crippen LogP contribution in [0.25, 0.3) is 0 Å². The fraction of sp³-hybridized carbons (Fsp3) is 0.286. The second kappa shape index (κ2) is 2.52. The summed E-state index contributed by atoms with van der Waals surface area (Å²) in [5, 5.41) is 6.48. The lowest BCUT2D eigenvalue weighted by molar-refractivity contribution is 0.792. The van der Waals surface area contributed by atoms with E-state index in [9.17, 15) is 0 Å². The molecule has 0 amide bonds. The first kappa shape index (κ1) is 6.07. The van der Waals surface area contributed by atoms with E-state index in [4.69, 9.17) is 0 Å². The molecule has 1 aromatic heterocycles. The normalized spacial score (nSPS) is 16.4. The smallest absolute Gasteiger partial charge is 0.120 e. The topological polar surface area (TPSA) is 24.4 Å². The molecule has 0 aromatic carbocycles. The van der Waals surface area contributed by atoms with Crippen molar-refractivity contribution < 1.29 is 0 Å². The van der Waals surface area contributed by atoms with Gasteiger partial charge >= 0.3 is 0 Å². The van der Waals surface area contributed by atoms with E-state index < -0.39 is 0 Å². The van der Waals surface area contributed by atoms with E-state index in [1.54, 1.807) is 11.3 Å². The Morgan fingerprint density at radius 2 is 2.60 bits per heavy atom. The second-order valence-corrected chi connectivity index (χ2v) is 3.09. The third kappa shape index (κ3) is 0.978. The predicted octanol–water partition coefficient (Wildman–Crippen LogP) is 1.55. The molecule has 0 spiro atoms. The summed E-state index contributed by atoms with van der Waals surface area (Å²) < 4.78 is 0. The molecular weight excluding hydrogens is 144 g/mol. The van der Waals surface area contributed by atoms with Crippen LogP contribution in [0, 0.1) is 0 Å². The molecule has 2 heterocycles. The monoisotopic (exact) mass is 152 g/mol. The Bertz CT molecular complexity index is 252. The number of thiophene rings is 1. The minimum Gasteiger partial charge on any atom is -0.308 e. The van der Waals surface area contributed by atoms with Gasteiger partial charge in [0.05, 0.1) is 0 Å². The number of nitrogens with zero attached hydrogens (tertiary/aromatic N) is 1. The van der Waals surface area contributed by atoms with Crippen molar-refractivity contribution >= 4 is 22.6 Å². The molecule has 0 aliphatic carbocycles. The Hall–Kier alpha value is -0.670. The molecule has 3 heteroatoms. The molecule has 1 N–H and O–H groups in total. The lowest BCUT2D eigenvalue weighted by Crippen LogP contribution is -2.13. The quantitative estimate of drug-likeness (QED) is 0.599. The first-order valence-corrected chi connectivity index (χ1v) is 4.14. The maximum Gasteiger partial charge on any atom is 0.120 e. The van der Waals surface area contributed by atoms with Gasteiger partial charge in [0.1, 0.15) is 5.00 Å². The van der Waals surface area contributed by atoms with Crippen molar-refractivity contribution in [1.29, 1.82) is 0 Å². The zero-order chi connectivity index (χ0) is 6.81. The third-order valence-electron chi connectivity index (χ3n) is 1.48. The number of hydrogen-bond donors (Lipinski definition) is 1. The SMILES string of the molecule is C1=Nc2sccc2CNC1.